The van der Waals surface area contributed by atoms with E-state index < -0.39 is 31.1 Å². The molecule has 0 aliphatic heterocycles. The summed E-state index contributed by atoms with van der Waals surface area (Å²) < 4.78 is 67.2. The van der Waals surface area contributed by atoms with Gasteiger partial charge in [-0.3, -0.25) is 0 Å². The lowest BCUT2D eigenvalue weighted by molar-refractivity contribution is -0.0499. The molecule has 0 saturated carbocycles. The predicted molar refractivity (Wildman–Crippen MR) is 106 cm³/mol. The van der Waals surface area contributed by atoms with Gasteiger partial charge in [0.1, 0.15) is 5.75 Å². The SMILES string of the molecule is CC(C)[Si](Cl)(c1cccc([Si](C)(C)C)c1OS(=O)(=O)C(F)(F)F)C(C)C. The summed E-state index contributed by atoms with van der Waals surface area (Å²) in [5.41, 5.74) is -5.56. The standard InChI is InChI=1S/C16H26ClF3O3SSi2/c1-11(2)26(17,12(3)4)14-10-8-9-13(25(5,6)7)15(14)23-24(21,22)16(18,19)20/h8-12H,1-7H3. The minimum absolute atomic E-state index is 0.0306. The molecule has 0 aromatic heterocycles. The molecule has 1 aromatic rings. The van der Waals surface area contributed by atoms with E-state index in [1.807, 2.05) is 47.3 Å². The molecule has 3 nitrogen and oxygen atoms in total. The van der Waals surface area contributed by atoms with E-state index in [2.05, 4.69) is 0 Å². The van der Waals surface area contributed by atoms with Crippen LogP contribution in [0.2, 0.25) is 30.7 Å². The number of hydrogen-bond donors (Lipinski definition) is 0. The van der Waals surface area contributed by atoms with Crippen molar-refractivity contribution >= 4 is 47.0 Å². The van der Waals surface area contributed by atoms with Crippen molar-refractivity contribution in [1.82, 2.24) is 0 Å². The molecule has 0 fully saturated rings. The molecule has 0 spiro atoms. The number of alkyl halides is 3. The Balaban J connectivity index is 3.85. The quantitative estimate of drug-likeness (QED) is 0.276. The Morgan fingerprint density at radius 3 is 1.77 bits per heavy atom. The van der Waals surface area contributed by atoms with Gasteiger partial charge in [0.15, 0.2) is 7.38 Å². The number of benzene rings is 1. The van der Waals surface area contributed by atoms with Gasteiger partial charge < -0.3 is 4.18 Å². The number of hydrogen-bond acceptors (Lipinski definition) is 3. The molecule has 0 radical (unpaired) electrons. The van der Waals surface area contributed by atoms with Gasteiger partial charge in [0.05, 0.1) is 8.07 Å². The monoisotopic (exact) mass is 446 g/mol. The zero-order valence-electron chi connectivity index (χ0n) is 16.0. The van der Waals surface area contributed by atoms with Gasteiger partial charge in [-0.05, 0) is 16.3 Å². The van der Waals surface area contributed by atoms with Crippen LogP contribution in [0, 0.1) is 0 Å². The molecule has 26 heavy (non-hydrogen) atoms. The zero-order valence-corrected chi connectivity index (χ0v) is 19.6. The molecule has 150 valence electrons. The highest BCUT2D eigenvalue weighted by atomic mass is 35.6. The minimum atomic E-state index is -5.78. The first-order chi connectivity index (χ1) is 11.5. The first-order valence-electron chi connectivity index (χ1n) is 8.29. The van der Waals surface area contributed by atoms with Crippen LogP contribution in [0.1, 0.15) is 27.7 Å². The van der Waals surface area contributed by atoms with E-state index in [0.29, 0.717) is 10.4 Å². The molecule has 0 aliphatic rings. The topological polar surface area (TPSA) is 43.4 Å². The third kappa shape index (κ3) is 4.48. The fourth-order valence-electron chi connectivity index (χ4n) is 2.96. The Kier molecular flexibility index (Phi) is 6.77. The van der Waals surface area contributed by atoms with Crippen LogP contribution in [0.3, 0.4) is 0 Å². The van der Waals surface area contributed by atoms with Crippen LogP contribution < -0.4 is 14.6 Å². The number of rotatable bonds is 6. The van der Waals surface area contributed by atoms with Crippen molar-refractivity contribution in [3.63, 3.8) is 0 Å². The van der Waals surface area contributed by atoms with Crippen molar-refractivity contribution in [3.05, 3.63) is 18.2 Å². The molecular formula is C16H26ClF3O3SSi2. The van der Waals surface area contributed by atoms with Crippen molar-refractivity contribution in [3.8, 4) is 5.75 Å². The highest BCUT2D eigenvalue weighted by Crippen LogP contribution is 2.38. The van der Waals surface area contributed by atoms with E-state index in [1.54, 1.807) is 18.2 Å². The van der Waals surface area contributed by atoms with Crippen LogP contribution in [0.15, 0.2) is 18.2 Å². The summed E-state index contributed by atoms with van der Waals surface area (Å²) in [6, 6.07) is 4.98. The second-order valence-corrected chi connectivity index (χ2v) is 20.8. The molecular weight excluding hydrogens is 421 g/mol. The summed E-state index contributed by atoms with van der Waals surface area (Å²) >= 11 is 7.00. The maximum atomic E-state index is 13.0. The van der Waals surface area contributed by atoms with Crippen molar-refractivity contribution < 1.29 is 25.8 Å². The van der Waals surface area contributed by atoms with Gasteiger partial charge in [0, 0.05) is 5.19 Å². The minimum Gasteiger partial charge on any atom is -0.376 e. The Morgan fingerprint density at radius 1 is 1.00 bits per heavy atom. The smallest absolute Gasteiger partial charge is 0.376 e. The first-order valence-corrected chi connectivity index (χ1v) is 16.4. The van der Waals surface area contributed by atoms with Crippen LogP contribution >= 0.6 is 11.1 Å². The molecule has 10 heteroatoms. The van der Waals surface area contributed by atoms with Crippen molar-refractivity contribution in [2.24, 2.45) is 0 Å². The lowest BCUT2D eigenvalue weighted by Gasteiger charge is -2.35. The lowest BCUT2D eigenvalue weighted by atomic mass is 10.3. The molecule has 0 atom stereocenters. The summed E-state index contributed by atoms with van der Waals surface area (Å²) in [6.07, 6.45) is 0. The van der Waals surface area contributed by atoms with Crippen LogP contribution in [-0.4, -0.2) is 29.4 Å². The highest BCUT2D eigenvalue weighted by Gasteiger charge is 2.51. The van der Waals surface area contributed by atoms with E-state index in [0.717, 1.165) is 0 Å². The molecule has 0 amide bonds. The lowest BCUT2D eigenvalue weighted by Crippen LogP contribution is -2.52. The fraction of sp³-hybridized carbons (Fsp3) is 0.625. The summed E-state index contributed by atoms with van der Waals surface area (Å²) in [4.78, 5) is 0. The number of halogens is 4. The van der Waals surface area contributed by atoms with Gasteiger partial charge in [0.2, 0.25) is 0 Å². The molecule has 0 saturated heterocycles. The predicted octanol–water partition coefficient (Wildman–Crippen LogP) is 4.67. The van der Waals surface area contributed by atoms with Gasteiger partial charge in [-0.2, -0.15) is 32.7 Å². The van der Waals surface area contributed by atoms with Gasteiger partial charge >= 0.3 is 15.6 Å². The molecule has 0 unspecified atom stereocenters. The zero-order chi connectivity index (χ0) is 20.7. The summed E-state index contributed by atoms with van der Waals surface area (Å²) in [5, 5.41) is 0.929. The van der Waals surface area contributed by atoms with Gasteiger partial charge in [-0.25, -0.2) is 0 Å². The molecule has 0 aliphatic carbocycles. The Hall–Kier alpha value is -0.516. The molecule has 1 rings (SSSR count). The van der Waals surface area contributed by atoms with Crippen LogP contribution in [0.4, 0.5) is 13.2 Å². The molecule has 0 bridgehead atoms. The third-order valence-corrected chi connectivity index (χ3v) is 15.2. The van der Waals surface area contributed by atoms with Gasteiger partial charge in [-0.15, -0.1) is 0 Å². The average molecular weight is 447 g/mol. The van der Waals surface area contributed by atoms with E-state index in [4.69, 9.17) is 15.3 Å². The van der Waals surface area contributed by atoms with Crippen LogP contribution in [0.25, 0.3) is 0 Å². The van der Waals surface area contributed by atoms with Crippen molar-refractivity contribution in [1.29, 1.82) is 0 Å². The van der Waals surface area contributed by atoms with E-state index in [9.17, 15) is 21.6 Å². The van der Waals surface area contributed by atoms with Crippen molar-refractivity contribution in [2.45, 2.75) is 63.9 Å². The Labute approximate surface area is 160 Å². The second kappa shape index (κ2) is 7.48. The summed E-state index contributed by atoms with van der Waals surface area (Å²) in [7, 11) is -10.8. The van der Waals surface area contributed by atoms with Gasteiger partial charge in [0.25, 0.3) is 0 Å². The first kappa shape index (κ1) is 23.5. The maximum absolute atomic E-state index is 13.0. The van der Waals surface area contributed by atoms with Crippen LogP contribution in [0.5, 0.6) is 5.75 Å². The third-order valence-electron chi connectivity index (χ3n) is 4.39. The molecule has 0 heterocycles. The summed E-state index contributed by atoms with van der Waals surface area (Å²) in [6.45, 7) is 13.4. The summed E-state index contributed by atoms with van der Waals surface area (Å²) in [5.74, 6) is -0.215. The van der Waals surface area contributed by atoms with E-state index in [1.165, 1.54) is 0 Å². The highest BCUT2D eigenvalue weighted by molar-refractivity contribution is 7.88. The molecule has 1 aromatic carbocycles. The largest absolute Gasteiger partial charge is 0.534 e. The second-order valence-electron chi connectivity index (χ2n) is 7.99. The van der Waals surface area contributed by atoms with Crippen molar-refractivity contribution in [2.75, 3.05) is 0 Å². The van der Waals surface area contributed by atoms with E-state index >= 15 is 0 Å². The van der Waals surface area contributed by atoms with Crippen LogP contribution in [-0.2, 0) is 10.1 Å². The normalized spacial score (nSPS) is 14.2. The average Bonchev–Trinajstić information content (AvgIpc) is 2.43. The Bertz CT molecular complexity index is 749. The molecule has 0 N–H and O–H groups in total. The van der Waals surface area contributed by atoms with E-state index in [-0.39, 0.29) is 16.8 Å². The fourth-order valence-corrected chi connectivity index (χ4v) is 9.10. The number of para-hydroxylation sites is 1. The maximum Gasteiger partial charge on any atom is 0.534 e. The van der Waals surface area contributed by atoms with Gasteiger partial charge in [-0.1, -0.05) is 65.5 Å². The Morgan fingerprint density at radius 2 is 1.42 bits per heavy atom.